The minimum atomic E-state index is -0.537. The second-order valence-corrected chi connectivity index (χ2v) is 7.17. The zero-order valence-corrected chi connectivity index (χ0v) is 17.0. The lowest BCUT2D eigenvalue weighted by Crippen LogP contribution is -2.13. The molecule has 0 radical (unpaired) electrons. The van der Waals surface area contributed by atoms with E-state index in [1.54, 1.807) is 42.5 Å². The summed E-state index contributed by atoms with van der Waals surface area (Å²) >= 11 is 0. The van der Waals surface area contributed by atoms with Crippen molar-refractivity contribution >= 4 is 28.4 Å². The molecule has 0 spiro atoms. The van der Waals surface area contributed by atoms with Crippen LogP contribution in [0.3, 0.4) is 0 Å². The van der Waals surface area contributed by atoms with Gasteiger partial charge in [0.25, 0.3) is 5.91 Å². The second-order valence-electron chi connectivity index (χ2n) is 7.17. The van der Waals surface area contributed by atoms with Crippen LogP contribution in [0.2, 0.25) is 0 Å². The minimum Gasteiger partial charge on any atom is -0.439 e. The van der Waals surface area contributed by atoms with Crippen LogP contribution in [0.1, 0.15) is 32.0 Å². The van der Waals surface area contributed by atoms with Crippen molar-refractivity contribution in [1.82, 2.24) is 9.97 Å². The number of nitrogens with two attached hydrogens (primary N) is 1. The van der Waals surface area contributed by atoms with E-state index in [0.717, 1.165) is 22.2 Å². The summed E-state index contributed by atoms with van der Waals surface area (Å²) in [6, 6.07) is 17.4. The first kappa shape index (κ1) is 20.0. The van der Waals surface area contributed by atoms with E-state index >= 15 is 0 Å². The van der Waals surface area contributed by atoms with Crippen molar-refractivity contribution in [2.24, 2.45) is 5.73 Å². The molecule has 4 aromatic rings. The molecule has 2 amide bonds. The Morgan fingerprint density at radius 3 is 2.58 bits per heavy atom. The fraction of sp³-hybridized carbons (Fsp3) is 0.0833. The Bertz CT molecular complexity index is 1300. The molecule has 4 rings (SSSR count). The van der Waals surface area contributed by atoms with Gasteiger partial charge in [0.2, 0.25) is 11.8 Å². The van der Waals surface area contributed by atoms with Crippen LogP contribution in [-0.4, -0.2) is 21.8 Å². The van der Waals surface area contributed by atoms with E-state index in [4.69, 9.17) is 10.5 Å². The van der Waals surface area contributed by atoms with Gasteiger partial charge in [-0.15, -0.1) is 0 Å². The standard InChI is InChI=1S/C24H20N4O3/c1-14-6-8-21-19(10-14)20(11-15(2)27-21)24(30)28-17-7-9-22(26-13-17)31-18-5-3-4-16(12-18)23(25)29/h3-13H,1-2H3,(H2,25,29)(H,28,30). The maximum absolute atomic E-state index is 12.9. The number of carbonyl (C=O) groups is 2. The number of amides is 2. The largest absolute Gasteiger partial charge is 0.439 e. The van der Waals surface area contributed by atoms with Crippen LogP contribution in [0, 0.1) is 13.8 Å². The lowest BCUT2D eigenvalue weighted by atomic mass is 10.0. The Labute approximate surface area is 178 Å². The number of nitrogens with one attached hydrogen (secondary N) is 1. The van der Waals surface area contributed by atoms with Crippen LogP contribution in [-0.2, 0) is 0 Å². The average molecular weight is 412 g/mol. The third-order valence-electron chi connectivity index (χ3n) is 4.67. The number of rotatable bonds is 5. The van der Waals surface area contributed by atoms with Crippen molar-refractivity contribution in [2.45, 2.75) is 13.8 Å². The summed E-state index contributed by atoms with van der Waals surface area (Å²) in [5.41, 5.74) is 9.30. The minimum absolute atomic E-state index is 0.245. The smallest absolute Gasteiger partial charge is 0.256 e. The van der Waals surface area contributed by atoms with Crippen molar-refractivity contribution in [3.8, 4) is 11.6 Å². The van der Waals surface area contributed by atoms with Gasteiger partial charge in [-0.05, 0) is 56.3 Å². The fourth-order valence-corrected chi connectivity index (χ4v) is 3.21. The zero-order chi connectivity index (χ0) is 22.0. The van der Waals surface area contributed by atoms with Gasteiger partial charge < -0.3 is 15.8 Å². The molecule has 154 valence electrons. The highest BCUT2D eigenvalue weighted by molar-refractivity contribution is 6.12. The highest BCUT2D eigenvalue weighted by Crippen LogP contribution is 2.23. The number of fused-ring (bicyclic) bond motifs is 1. The molecule has 0 aliphatic rings. The van der Waals surface area contributed by atoms with Crippen molar-refractivity contribution in [2.75, 3.05) is 5.32 Å². The number of primary amides is 1. The van der Waals surface area contributed by atoms with Gasteiger partial charge in [0.1, 0.15) is 5.75 Å². The Morgan fingerprint density at radius 2 is 1.84 bits per heavy atom. The van der Waals surface area contributed by atoms with Gasteiger partial charge in [0.15, 0.2) is 0 Å². The van der Waals surface area contributed by atoms with Crippen LogP contribution in [0.5, 0.6) is 11.6 Å². The molecule has 7 heteroatoms. The topological polar surface area (TPSA) is 107 Å². The highest BCUT2D eigenvalue weighted by Gasteiger charge is 2.13. The summed E-state index contributed by atoms with van der Waals surface area (Å²) in [6.07, 6.45) is 1.51. The molecule has 2 aromatic carbocycles. The van der Waals surface area contributed by atoms with E-state index in [1.165, 1.54) is 6.20 Å². The van der Waals surface area contributed by atoms with Gasteiger partial charge in [0, 0.05) is 22.7 Å². The molecule has 0 bridgehead atoms. The predicted octanol–water partition coefficient (Wildman–Crippen LogP) is 4.39. The molecule has 3 N–H and O–H groups in total. The normalized spacial score (nSPS) is 10.6. The van der Waals surface area contributed by atoms with E-state index in [0.29, 0.717) is 28.4 Å². The maximum Gasteiger partial charge on any atom is 0.256 e. The molecule has 0 saturated heterocycles. The molecule has 31 heavy (non-hydrogen) atoms. The van der Waals surface area contributed by atoms with Crippen molar-refractivity contribution < 1.29 is 14.3 Å². The molecule has 2 aromatic heterocycles. The lowest BCUT2D eigenvalue weighted by Gasteiger charge is -2.10. The van der Waals surface area contributed by atoms with E-state index in [2.05, 4.69) is 15.3 Å². The van der Waals surface area contributed by atoms with Gasteiger partial charge in [0.05, 0.1) is 23.0 Å². The van der Waals surface area contributed by atoms with Crippen molar-refractivity contribution in [3.63, 3.8) is 0 Å². The molecule has 2 heterocycles. The number of aromatic nitrogens is 2. The Hall–Kier alpha value is -4.26. The van der Waals surface area contributed by atoms with E-state index in [-0.39, 0.29) is 5.91 Å². The molecule has 0 unspecified atom stereocenters. The summed E-state index contributed by atoms with van der Waals surface area (Å²) in [4.78, 5) is 32.9. The summed E-state index contributed by atoms with van der Waals surface area (Å²) in [5, 5.41) is 3.66. The second kappa shape index (κ2) is 8.23. The van der Waals surface area contributed by atoms with E-state index in [9.17, 15) is 9.59 Å². The van der Waals surface area contributed by atoms with Gasteiger partial charge in [-0.1, -0.05) is 17.7 Å². The average Bonchev–Trinajstić information content (AvgIpc) is 2.75. The molecule has 0 fully saturated rings. The molecule has 0 atom stereocenters. The van der Waals surface area contributed by atoms with Crippen LogP contribution in [0.25, 0.3) is 10.9 Å². The monoisotopic (exact) mass is 412 g/mol. The van der Waals surface area contributed by atoms with Crippen molar-refractivity contribution in [3.05, 3.63) is 89.2 Å². The number of anilines is 1. The van der Waals surface area contributed by atoms with Gasteiger partial charge in [-0.25, -0.2) is 4.98 Å². The Morgan fingerprint density at radius 1 is 1.00 bits per heavy atom. The number of nitrogens with zero attached hydrogens (tertiary/aromatic N) is 2. The summed E-state index contributed by atoms with van der Waals surface area (Å²) in [6.45, 7) is 3.83. The highest BCUT2D eigenvalue weighted by atomic mass is 16.5. The number of benzene rings is 2. The molecular weight excluding hydrogens is 392 g/mol. The number of carbonyl (C=O) groups excluding carboxylic acids is 2. The first-order valence-electron chi connectivity index (χ1n) is 9.62. The van der Waals surface area contributed by atoms with Gasteiger partial charge in [-0.3, -0.25) is 14.6 Å². The van der Waals surface area contributed by atoms with Crippen LogP contribution < -0.4 is 15.8 Å². The first-order chi connectivity index (χ1) is 14.9. The number of hydrogen-bond acceptors (Lipinski definition) is 5. The van der Waals surface area contributed by atoms with Crippen molar-refractivity contribution in [1.29, 1.82) is 0 Å². The third-order valence-corrected chi connectivity index (χ3v) is 4.67. The molecule has 0 aliphatic carbocycles. The SMILES string of the molecule is Cc1ccc2nc(C)cc(C(=O)Nc3ccc(Oc4cccc(C(N)=O)c4)nc3)c2c1. The fourth-order valence-electron chi connectivity index (χ4n) is 3.21. The number of ether oxygens (including phenoxy) is 1. The molecule has 0 saturated carbocycles. The number of hydrogen-bond donors (Lipinski definition) is 2. The molecule has 0 aliphatic heterocycles. The maximum atomic E-state index is 12.9. The third kappa shape index (κ3) is 4.51. The Balaban J connectivity index is 1.53. The summed E-state index contributed by atoms with van der Waals surface area (Å²) in [5.74, 6) is -0.0219. The Kier molecular flexibility index (Phi) is 5.32. The van der Waals surface area contributed by atoms with Gasteiger partial charge in [-0.2, -0.15) is 0 Å². The quantitative estimate of drug-likeness (QED) is 0.505. The van der Waals surface area contributed by atoms with E-state index in [1.807, 2.05) is 32.0 Å². The van der Waals surface area contributed by atoms with Crippen LogP contribution in [0.4, 0.5) is 5.69 Å². The number of pyridine rings is 2. The first-order valence-corrected chi connectivity index (χ1v) is 9.62. The molecular formula is C24H20N4O3. The zero-order valence-electron chi connectivity index (χ0n) is 17.0. The number of aryl methyl sites for hydroxylation is 2. The summed E-state index contributed by atoms with van der Waals surface area (Å²) < 4.78 is 5.66. The summed E-state index contributed by atoms with van der Waals surface area (Å²) in [7, 11) is 0. The van der Waals surface area contributed by atoms with Gasteiger partial charge >= 0.3 is 0 Å². The van der Waals surface area contributed by atoms with Crippen LogP contribution in [0.15, 0.2) is 66.9 Å². The lowest BCUT2D eigenvalue weighted by molar-refractivity contribution is 0.0997. The predicted molar refractivity (Wildman–Crippen MR) is 118 cm³/mol. The van der Waals surface area contributed by atoms with Crippen LogP contribution >= 0.6 is 0 Å². The molecule has 7 nitrogen and oxygen atoms in total. The van der Waals surface area contributed by atoms with E-state index < -0.39 is 5.91 Å².